The number of rotatable bonds is 6. The summed E-state index contributed by atoms with van der Waals surface area (Å²) in [6.07, 6.45) is 2.25. The molecule has 0 bridgehead atoms. The van der Waals surface area contributed by atoms with E-state index in [0.29, 0.717) is 24.0 Å². The Bertz CT molecular complexity index is 550. The smallest absolute Gasteiger partial charge is 0.321 e. The minimum Gasteiger partial charge on any atom is -0.384 e. The normalized spacial score (nSPS) is 19.4. The Morgan fingerprint density at radius 3 is 3.04 bits per heavy atom. The lowest BCUT2D eigenvalue weighted by Gasteiger charge is -2.31. The summed E-state index contributed by atoms with van der Waals surface area (Å²) in [5, 5.41) is 2.95. The third-order valence-electron chi connectivity index (χ3n) is 3.97. The first-order chi connectivity index (χ1) is 11.1. The molecule has 0 spiro atoms. The number of methoxy groups -OCH3 is 1. The van der Waals surface area contributed by atoms with Crippen LogP contribution >= 0.6 is 0 Å². The topological polar surface area (TPSA) is 58.6 Å². The van der Waals surface area contributed by atoms with E-state index in [1.807, 2.05) is 29.2 Å². The molecule has 1 aliphatic rings. The fraction of sp³-hybridized carbons (Fsp3) is 0.588. The highest BCUT2D eigenvalue weighted by Crippen LogP contribution is 2.18. The summed E-state index contributed by atoms with van der Waals surface area (Å²) in [5.74, 6) is 1.57. The van der Waals surface area contributed by atoms with Gasteiger partial charge in [0.15, 0.2) is 0 Å². The van der Waals surface area contributed by atoms with Gasteiger partial charge in [0.25, 0.3) is 0 Å². The van der Waals surface area contributed by atoms with Crippen LogP contribution in [0.25, 0.3) is 0 Å². The van der Waals surface area contributed by atoms with E-state index >= 15 is 0 Å². The van der Waals surface area contributed by atoms with E-state index in [0.717, 1.165) is 30.8 Å². The maximum absolute atomic E-state index is 12.3. The lowest BCUT2D eigenvalue weighted by molar-refractivity contribution is 0.182. The predicted molar refractivity (Wildman–Crippen MR) is 94.0 cm³/mol. The number of hydrogen-bond donors (Lipinski definition) is 1. The average Bonchev–Trinajstić information content (AvgIpc) is 2.53. The molecule has 1 aromatic rings. The van der Waals surface area contributed by atoms with E-state index < -0.39 is 10.8 Å². The summed E-state index contributed by atoms with van der Waals surface area (Å²) in [6.45, 7) is 4.30. The highest BCUT2D eigenvalue weighted by Gasteiger charge is 2.20. The maximum atomic E-state index is 12.3. The molecule has 1 aromatic carbocycles. The minimum atomic E-state index is -0.949. The van der Waals surface area contributed by atoms with Crippen molar-refractivity contribution in [3.8, 4) is 0 Å². The van der Waals surface area contributed by atoms with Crippen LogP contribution in [0.2, 0.25) is 0 Å². The molecule has 0 aliphatic carbocycles. The Balaban J connectivity index is 1.91. The monoisotopic (exact) mass is 338 g/mol. The lowest BCUT2D eigenvalue weighted by Crippen LogP contribution is -2.41. The Kier molecular flexibility index (Phi) is 7.05. The van der Waals surface area contributed by atoms with Crippen LogP contribution in [0, 0.1) is 5.92 Å². The molecular weight excluding hydrogens is 312 g/mol. The number of anilines is 1. The summed E-state index contributed by atoms with van der Waals surface area (Å²) in [7, 11) is 0.657. The second kappa shape index (κ2) is 9.03. The molecule has 2 amide bonds. The van der Waals surface area contributed by atoms with E-state index in [4.69, 9.17) is 4.74 Å². The molecule has 2 atom stereocenters. The van der Waals surface area contributed by atoms with Gasteiger partial charge in [0, 0.05) is 48.2 Å². The molecule has 23 heavy (non-hydrogen) atoms. The molecule has 2 rings (SSSR count). The second-order valence-corrected chi connectivity index (χ2v) is 7.68. The van der Waals surface area contributed by atoms with Gasteiger partial charge < -0.3 is 15.0 Å². The first-order valence-electron chi connectivity index (χ1n) is 8.07. The van der Waals surface area contributed by atoms with Crippen molar-refractivity contribution < 1.29 is 13.7 Å². The van der Waals surface area contributed by atoms with Gasteiger partial charge in [-0.15, -0.1) is 0 Å². The molecule has 1 heterocycles. The number of carbonyl (C=O) groups is 1. The van der Waals surface area contributed by atoms with Gasteiger partial charge in [-0.05, 0) is 36.5 Å². The molecule has 0 saturated carbocycles. The van der Waals surface area contributed by atoms with E-state index in [9.17, 15) is 9.00 Å². The van der Waals surface area contributed by atoms with E-state index in [-0.39, 0.29) is 6.03 Å². The Morgan fingerprint density at radius 1 is 1.48 bits per heavy atom. The first-order valence-corrected chi connectivity index (χ1v) is 9.56. The number of nitrogens with zero attached hydrogens (tertiary/aromatic N) is 1. The molecule has 1 saturated heterocycles. The van der Waals surface area contributed by atoms with Crippen molar-refractivity contribution in [2.45, 2.75) is 25.5 Å². The highest BCUT2D eigenvalue weighted by atomic mass is 32.2. The minimum absolute atomic E-state index is 0.0470. The molecule has 128 valence electrons. The average molecular weight is 338 g/mol. The quantitative estimate of drug-likeness (QED) is 0.868. The first kappa shape index (κ1) is 17.9. The number of urea groups is 1. The SMILES string of the molecule is COCC[S@@](=O)Cc1cccc(NC(=O)N2CCC[C@@H](C)C2)c1. The fourth-order valence-electron chi connectivity index (χ4n) is 2.75. The van der Waals surface area contributed by atoms with Gasteiger partial charge in [-0.25, -0.2) is 4.79 Å². The summed E-state index contributed by atoms with van der Waals surface area (Å²) in [5.41, 5.74) is 1.72. The predicted octanol–water partition coefficient (Wildman–Crippen LogP) is 2.85. The second-order valence-electron chi connectivity index (χ2n) is 6.11. The zero-order valence-electron chi connectivity index (χ0n) is 13.9. The number of amides is 2. The zero-order chi connectivity index (χ0) is 16.7. The molecular formula is C17H26N2O3S. The van der Waals surface area contributed by atoms with Gasteiger partial charge in [0.1, 0.15) is 0 Å². The van der Waals surface area contributed by atoms with E-state index in [2.05, 4.69) is 12.2 Å². The van der Waals surface area contributed by atoms with Crippen LogP contribution < -0.4 is 5.32 Å². The molecule has 5 nitrogen and oxygen atoms in total. The van der Waals surface area contributed by atoms with Crippen LogP contribution in [0.5, 0.6) is 0 Å². The summed E-state index contributed by atoms with van der Waals surface area (Å²) in [6, 6.07) is 7.54. The zero-order valence-corrected chi connectivity index (χ0v) is 14.7. The number of likely N-dealkylation sites (tertiary alicyclic amines) is 1. The van der Waals surface area contributed by atoms with E-state index in [1.165, 1.54) is 6.42 Å². The van der Waals surface area contributed by atoms with E-state index in [1.54, 1.807) is 7.11 Å². The van der Waals surface area contributed by atoms with Crippen LogP contribution in [-0.2, 0) is 21.3 Å². The maximum Gasteiger partial charge on any atom is 0.321 e. The highest BCUT2D eigenvalue weighted by molar-refractivity contribution is 7.84. The number of carbonyl (C=O) groups excluding carboxylic acids is 1. The molecule has 1 fully saturated rings. The van der Waals surface area contributed by atoms with Crippen molar-refractivity contribution in [1.82, 2.24) is 4.90 Å². The molecule has 1 N–H and O–H groups in total. The van der Waals surface area contributed by atoms with Crippen molar-refractivity contribution in [3.63, 3.8) is 0 Å². The van der Waals surface area contributed by atoms with Crippen LogP contribution in [0.4, 0.5) is 10.5 Å². The number of ether oxygens (including phenoxy) is 1. The van der Waals surface area contributed by atoms with Crippen molar-refractivity contribution in [2.75, 3.05) is 37.9 Å². The summed E-state index contributed by atoms with van der Waals surface area (Å²) in [4.78, 5) is 14.2. The van der Waals surface area contributed by atoms with Crippen LogP contribution in [0.15, 0.2) is 24.3 Å². The van der Waals surface area contributed by atoms with Crippen molar-refractivity contribution in [1.29, 1.82) is 0 Å². The number of benzene rings is 1. The molecule has 6 heteroatoms. The number of piperidine rings is 1. The van der Waals surface area contributed by atoms with Gasteiger partial charge >= 0.3 is 6.03 Å². The molecule has 0 unspecified atom stereocenters. The molecule has 1 aliphatic heterocycles. The molecule has 0 radical (unpaired) electrons. The van der Waals surface area contributed by atoms with Crippen LogP contribution in [-0.4, -0.2) is 47.7 Å². The third-order valence-corrected chi connectivity index (χ3v) is 5.24. The largest absolute Gasteiger partial charge is 0.384 e. The standard InChI is InChI=1S/C17H26N2O3S/c1-14-5-4-8-19(12-14)17(20)18-16-7-3-6-15(11-16)13-23(21)10-9-22-2/h3,6-7,11,14H,4-5,8-10,12-13H2,1-2H3,(H,18,20)/t14-,23-/m1/s1. The van der Waals surface area contributed by atoms with Gasteiger partial charge in [-0.3, -0.25) is 4.21 Å². The summed E-state index contributed by atoms with van der Waals surface area (Å²) >= 11 is 0. The van der Waals surface area contributed by atoms with Gasteiger partial charge in [0.2, 0.25) is 0 Å². The van der Waals surface area contributed by atoms with Crippen molar-refractivity contribution in [3.05, 3.63) is 29.8 Å². The number of nitrogens with one attached hydrogen (secondary N) is 1. The van der Waals surface area contributed by atoms with Crippen LogP contribution in [0.1, 0.15) is 25.3 Å². The molecule has 0 aromatic heterocycles. The van der Waals surface area contributed by atoms with Gasteiger partial charge in [0.05, 0.1) is 6.61 Å². The van der Waals surface area contributed by atoms with Crippen LogP contribution in [0.3, 0.4) is 0 Å². The third kappa shape index (κ3) is 5.95. The Labute approximate surface area is 140 Å². The van der Waals surface area contributed by atoms with Crippen molar-refractivity contribution in [2.24, 2.45) is 5.92 Å². The van der Waals surface area contributed by atoms with Gasteiger partial charge in [-0.2, -0.15) is 0 Å². The Hall–Kier alpha value is -1.40. The lowest BCUT2D eigenvalue weighted by atomic mass is 10.0. The summed E-state index contributed by atoms with van der Waals surface area (Å²) < 4.78 is 16.9. The number of hydrogen-bond acceptors (Lipinski definition) is 3. The van der Waals surface area contributed by atoms with Gasteiger partial charge in [-0.1, -0.05) is 19.1 Å². The fourth-order valence-corrected chi connectivity index (χ4v) is 3.80. The van der Waals surface area contributed by atoms with Crippen molar-refractivity contribution >= 4 is 22.5 Å². The Morgan fingerprint density at radius 2 is 2.30 bits per heavy atom.